The molecular weight excluding hydrogens is 486 g/mol. The molecule has 9 heteroatoms. The quantitative estimate of drug-likeness (QED) is 0.144. The second-order valence-electron chi connectivity index (χ2n) is 8.47. The van der Waals surface area contributed by atoms with Crippen LogP contribution in [0.2, 0.25) is 0 Å². The monoisotopic (exact) mass is 513 g/mol. The molecule has 1 N–H and O–H groups in total. The summed E-state index contributed by atoms with van der Waals surface area (Å²) in [4.78, 5) is 4.70. The number of aromatic nitrogens is 4. The van der Waals surface area contributed by atoms with E-state index in [1.165, 1.54) is 0 Å². The van der Waals surface area contributed by atoms with Crippen LogP contribution >= 0.6 is 12.4 Å². The van der Waals surface area contributed by atoms with Crippen molar-refractivity contribution < 1.29 is 9.90 Å². The first-order valence-corrected chi connectivity index (χ1v) is 12.0. The first-order valence-electron chi connectivity index (χ1n) is 12.0. The number of benzene rings is 3. The van der Waals surface area contributed by atoms with Crippen molar-refractivity contribution in [3.63, 3.8) is 0 Å². The fourth-order valence-corrected chi connectivity index (χ4v) is 4.43. The van der Waals surface area contributed by atoms with Gasteiger partial charge >= 0.3 is 5.62 Å². The van der Waals surface area contributed by atoms with Gasteiger partial charge in [-0.05, 0) is 29.6 Å². The number of aryl methyl sites for hydroxylation is 2. The summed E-state index contributed by atoms with van der Waals surface area (Å²) >= 11 is 0. The fourth-order valence-electron chi connectivity index (χ4n) is 4.43. The lowest BCUT2D eigenvalue weighted by molar-refractivity contribution is -0.220. The van der Waals surface area contributed by atoms with E-state index in [2.05, 4.69) is 40.9 Å². The van der Waals surface area contributed by atoms with Gasteiger partial charge in [0.2, 0.25) is 0 Å². The van der Waals surface area contributed by atoms with E-state index in [1.807, 2.05) is 60.7 Å². The van der Waals surface area contributed by atoms with Crippen molar-refractivity contribution in [2.75, 3.05) is 0 Å². The molecule has 0 atom stereocenters. The third kappa shape index (κ3) is 5.40. The molecule has 0 spiro atoms. The molecule has 5 aromatic rings. The molecule has 2 heterocycles. The molecule has 0 aliphatic heterocycles. The molecule has 0 amide bonds. The van der Waals surface area contributed by atoms with Crippen LogP contribution in [-0.2, 0) is 19.6 Å². The lowest BCUT2D eigenvalue weighted by Crippen LogP contribution is -2.30. The highest BCUT2D eigenvalue weighted by Gasteiger charge is 2.19. The molecule has 188 valence electrons. The highest BCUT2D eigenvalue weighted by Crippen LogP contribution is 2.39. The zero-order valence-corrected chi connectivity index (χ0v) is 21.3. The van der Waals surface area contributed by atoms with Crippen LogP contribution < -0.4 is 10.7 Å². The fraction of sp³-hybridized carbons (Fsp3) is 0.179. The van der Waals surface area contributed by atoms with E-state index in [0.29, 0.717) is 18.7 Å². The highest BCUT2D eigenvalue weighted by molar-refractivity contribution is 6.00. The van der Waals surface area contributed by atoms with Crippen LogP contribution in [0.15, 0.2) is 96.4 Å². The first kappa shape index (κ1) is 25.7. The van der Waals surface area contributed by atoms with Gasteiger partial charge in [0.25, 0.3) is 0 Å². The molecule has 0 fully saturated rings. The molecule has 0 aliphatic carbocycles. The van der Waals surface area contributed by atoms with Crippen LogP contribution in [-0.4, -0.2) is 29.6 Å². The van der Waals surface area contributed by atoms with Crippen molar-refractivity contribution in [1.29, 1.82) is 5.41 Å². The van der Waals surface area contributed by atoms with E-state index in [-0.39, 0.29) is 18.8 Å². The van der Waals surface area contributed by atoms with Crippen LogP contribution in [0.5, 0.6) is 0 Å². The Morgan fingerprint density at radius 1 is 0.973 bits per heavy atom. The van der Waals surface area contributed by atoms with Gasteiger partial charge in [-0.1, -0.05) is 84.0 Å². The van der Waals surface area contributed by atoms with Crippen LogP contribution in [0.25, 0.3) is 22.2 Å². The van der Waals surface area contributed by atoms with Gasteiger partial charge in [-0.2, -0.15) is 0 Å². The van der Waals surface area contributed by atoms with Crippen molar-refractivity contribution in [3.05, 3.63) is 102 Å². The SMILES string of the molecule is CCn1c(-c2ccccc2)c(N=[N+]=c2n(CCC(=N)[O-])cnn2Cc2ccccc2)c2ccccc21.Cl. The molecule has 3 aromatic carbocycles. The smallest absolute Gasteiger partial charge is 0.499 e. The molecular formula is C28H28ClN7O. The van der Waals surface area contributed by atoms with Gasteiger partial charge < -0.3 is 15.1 Å². The average molecular weight is 514 g/mol. The van der Waals surface area contributed by atoms with E-state index in [1.54, 1.807) is 15.6 Å². The molecule has 37 heavy (non-hydrogen) atoms. The van der Waals surface area contributed by atoms with Gasteiger partial charge in [0.15, 0.2) is 6.33 Å². The minimum atomic E-state index is -0.626. The summed E-state index contributed by atoms with van der Waals surface area (Å²) in [5.41, 5.74) is 5.55. The Morgan fingerprint density at radius 3 is 2.35 bits per heavy atom. The summed E-state index contributed by atoms with van der Waals surface area (Å²) < 4.78 is 5.81. The average Bonchev–Trinajstić information content (AvgIpc) is 3.44. The maximum Gasteiger partial charge on any atom is 0.499 e. The van der Waals surface area contributed by atoms with Crippen molar-refractivity contribution in [1.82, 2.24) is 18.9 Å². The Labute approximate surface area is 220 Å². The third-order valence-electron chi connectivity index (χ3n) is 6.12. The second-order valence-corrected chi connectivity index (χ2v) is 8.47. The largest absolute Gasteiger partial charge is 0.862 e. The zero-order valence-electron chi connectivity index (χ0n) is 20.5. The summed E-state index contributed by atoms with van der Waals surface area (Å²) in [6, 6.07) is 28.4. The van der Waals surface area contributed by atoms with E-state index < -0.39 is 5.90 Å². The molecule has 0 bridgehead atoms. The molecule has 0 saturated carbocycles. The van der Waals surface area contributed by atoms with Crippen molar-refractivity contribution >= 4 is 34.9 Å². The maximum atomic E-state index is 11.4. The molecule has 8 nitrogen and oxygen atoms in total. The molecule has 0 unspecified atom stereocenters. The summed E-state index contributed by atoms with van der Waals surface area (Å²) in [6.07, 6.45) is 1.72. The van der Waals surface area contributed by atoms with Gasteiger partial charge in [0.05, 0.1) is 17.8 Å². The Morgan fingerprint density at radius 2 is 1.65 bits per heavy atom. The standard InChI is InChI=1S/C28H27N7O.ClH/c1-2-34-24-16-10-9-15-23(24)26(27(34)22-13-7-4-8-14-22)31-32-28-33(18-17-25(29)36)20-30-35(28)19-21-11-5-3-6-12-21;/h3-16,20H,2,17-19H2,1H3,(H-,29,36);1H. The molecule has 0 aliphatic rings. The highest BCUT2D eigenvalue weighted by atomic mass is 35.5. The Hall–Kier alpha value is -4.39. The van der Waals surface area contributed by atoms with E-state index in [9.17, 15) is 5.11 Å². The topological polar surface area (TPSA) is 101 Å². The van der Waals surface area contributed by atoms with Crippen molar-refractivity contribution in [2.45, 2.75) is 33.0 Å². The molecule has 0 saturated heterocycles. The van der Waals surface area contributed by atoms with Crippen LogP contribution in [0.3, 0.4) is 0 Å². The van der Waals surface area contributed by atoms with E-state index in [0.717, 1.165) is 40.0 Å². The van der Waals surface area contributed by atoms with Gasteiger partial charge in [0.1, 0.15) is 12.2 Å². The summed E-state index contributed by atoms with van der Waals surface area (Å²) in [6.45, 7) is 3.74. The van der Waals surface area contributed by atoms with Gasteiger partial charge in [-0.3, -0.25) is 0 Å². The molecule has 0 radical (unpaired) electrons. The summed E-state index contributed by atoms with van der Waals surface area (Å²) in [7, 11) is 0. The lowest BCUT2D eigenvalue weighted by atomic mass is 10.1. The zero-order chi connectivity index (χ0) is 24.9. The third-order valence-corrected chi connectivity index (χ3v) is 6.12. The number of nitrogens with zero attached hydrogens (tertiary/aromatic N) is 6. The molecule has 5 rings (SSSR count). The number of hydrogen-bond donors (Lipinski definition) is 1. The number of hydrogen-bond acceptors (Lipinski definition) is 4. The van der Waals surface area contributed by atoms with Crippen LogP contribution in [0.1, 0.15) is 18.9 Å². The Balaban J connectivity index is 0.00000320. The number of nitrogens with one attached hydrogen (secondary N) is 1. The number of halogens is 1. The first-order chi connectivity index (χ1) is 17.7. The number of rotatable bonds is 8. The second kappa shape index (κ2) is 11.6. The van der Waals surface area contributed by atoms with Crippen molar-refractivity contribution in [3.8, 4) is 11.3 Å². The Kier molecular flexibility index (Phi) is 8.03. The Bertz CT molecular complexity index is 1610. The number of fused-ring (bicyclic) bond motifs is 1. The summed E-state index contributed by atoms with van der Waals surface area (Å²) in [5.74, 6) is -0.626. The minimum Gasteiger partial charge on any atom is -0.862 e. The lowest BCUT2D eigenvalue weighted by Gasteiger charge is -2.08. The van der Waals surface area contributed by atoms with Crippen molar-refractivity contribution in [2.24, 2.45) is 5.11 Å². The van der Waals surface area contributed by atoms with Crippen LogP contribution in [0.4, 0.5) is 5.69 Å². The molecule has 2 aromatic heterocycles. The van der Waals surface area contributed by atoms with E-state index >= 15 is 0 Å². The van der Waals surface area contributed by atoms with Gasteiger partial charge in [0, 0.05) is 23.9 Å². The van der Waals surface area contributed by atoms with E-state index in [4.69, 9.17) is 15.3 Å². The number of para-hydroxylation sites is 1. The van der Waals surface area contributed by atoms with Gasteiger partial charge in [-0.15, -0.1) is 21.9 Å². The predicted molar refractivity (Wildman–Crippen MR) is 144 cm³/mol. The van der Waals surface area contributed by atoms with Crippen LogP contribution in [0, 0.1) is 5.41 Å². The maximum absolute atomic E-state index is 11.4. The van der Waals surface area contributed by atoms with Gasteiger partial charge in [-0.25, -0.2) is 4.57 Å². The normalized spacial score (nSPS) is 10.6. The predicted octanol–water partition coefficient (Wildman–Crippen LogP) is 4.42. The summed E-state index contributed by atoms with van der Waals surface area (Å²) in [5, 5.41) is 29.0. The minimum absolute atomic E-state index is 0.